The van der Waals surface area contributed by atoms with Crippen LogP contribution in [-0.4, -0.2) is 22.9 Å². The molecule has 0 aromatic heterocycles. The molecule has 3 aromatic carbocycles. The Balaban J connectivity index is 1.42. The van der Waals surface area contributed by atoms with Crippen LogP contribution in [0.2, 0.25) is 0 Å². The molecule has 0 spiro atoms. The van der Waals surface area contributed by atoms with E-state index in [2.05, 4.69) is 153 Å². The molecule has 6 rings (SSSR count). The molecule has 0 saturated heterocycles. The number of hydrogen-bond donors (Lipinski definition) is 0. The lowest BCUT2D eigenvalue weighted by atomic mass is 9.83. The molecule has 0 aliphatic carbocycles. The zero-order chi connectivity index (χ0) is 25.6. The second-order valence-electron chi connectivity index (χ2n) is 11.7. The molecular formula is C35H36N2. The van der Waals surface area contributed by atoms with E-state index in [-0.39, 0.29) is 11.0 Å². The van der Waals surface area contributed by atoms with Crippen LogP contribution in [0.25, 0.3) is 16.8 Å². The molecule has 186 valence electrons. The van der Waals surface area contributed by atoms with Gasteiger partial charge in [-0.3, -0.25) is 0 Å². The highest BCUT2D eigenvalue weighted by Gasteiger charge is 2.46. The number of hydrogen-bond acceptors (Lipinski definition) is 2. The van der Waals surface area contributed by atoms with Crippen molar-refractivity contribution in [1.82, 2.24) is 9.80 Å². The number of rotatable bonds is 4. The largest absolute Gasteiger partial charge is 0.365 e. The first-order chi connectivity index (χ1) is 17.8. The first kappa shape index (κ1) is 23.6. The molecule has 37 heavy (non-hydrogen) atoms. The Labute approximate surface area is 221 Å². The normalized spacial score (nSPS) is 22.4. The van der Waals surface area contributed by atoms with Crippen LogP contribution in [0.15, 0.2) is 121 Å². The Hall–Kier alpha value is -3.78. The van der Waals surface area contributed by atoms with Crippen LogP contribution in [0.3, 0.4) is 0 Å². The van der Waals surface area contributed by atoms with E-state index in [1.54, 1.807) is 0 Å². The van der Waals surface area contributed by atoms with Gasteiger partial charge in [-0.05, 0) is 63.9 Å². The van der Waals surface area contributed by atoms with Gasteiger partial charge in [0.15, 0.2) is 0 Å². The zero-order valence-corrected chi connectivity index (χ0v) is 22.4. The Morgan fingerprint density at radius 1 is 0.838 bits per heavy atom. The van der Waals surface area contributed by atoms with E-state index in [9.17, 15) is 0 Å². The van der Waals surface area contributed by atoms with Crippen molar-refractivity contribution < 1.29 is 0 Å². The van der Waals surface area contributed by atoms with Crippen molar-refractivity contribution in [3.63, 3.8) is 0 Å². The molecular weight excluding hydrogens is 448 g/mol. The van der Waals surface area contributed by atoms with Crippen molar-refractivity contribution in [2.75, 3.05) is 13.1 Å². The van der Waals surface area contributed by atoms with Gasteiger partial charge in [-0.2, -0.15) is 0 Å². The summed E-state index contributed by atoms with van der Waals surface area (Å²) in [6.45, 7) is 11.2. The van der Waals surface area contributed by atoms with Crippen LogP contribution in [0.1, 0.15) is 50.4 Å². The highest BCUT2D eigenvalue weighted by Crippen LogP contribution is 2.49. The van der Waals surface area contributed by atoms with Crippen molar-refractivity contribution in [3.05, 3.63) is 138 Å². The van der Waals surface area contributed by atoms with Gasteiger partial charge in [0.25, 0.3) is 0 Å². The molecule has 0 fully saturated rings. The number of allylic oxidation sites excluding steroid dienone is 4. The topological polar surface area (TPSA) is 6.48 Å². The first-order valence-corrected chi connectivity index (χ1v) is 13.4. The van der Waals surface area contributed by atoms with E-state index in [1.807, 2.05) is 0 Å². The molecule has 3 aromatic rings. The SMILES string of the molecule is CC(C)(C)C1=CCN(C[C@]2(C)c3ccccc3C3C=CC=CN32)C(c2cccc(-c3ccccc3)c2)=C1. The Morgan fingerprint density at radius 2 is 1.57 bits per heavy atom. The Bertz CT molecular complexity index is 1430. The van der Waals surface area contributed by atoms with Gasteiger partial charge >= 0.3 is 0 Å². The number of benzene rings is 3. The van der Waals surface area contributed by atoms with Crippen LogP contribution < -0.4 is 0 Å². The lowest BCUT2D eigenvalue weighted by molar-refractivity contribution is 0.127. The van der Waals surface area contributed by atoms with E-state index < -0.39 is 0 Å². The van der Waals surface area contributed by atoms with Crippen molar-refractivity contribution >= 4 is 5.70 Å². The molecule has 2 atom stereocenters. The lowest BCUT2D eigenvalue weighted by Crippen LogP contribution is -2.46. The molecule has 0 saturated carbocycles. The van der Waals surface area contributed by atoms with Gasteiger partial charge in [-0.15, -0.1) is 0 Å². The molecule has 3 heterocycles. The van der Waals surface area contributed by atoms with Crippen molar-refractivity contribution in [3.8, 4) is 11.1 Å². The molecule has 0 N–H and O–H groups in total. The summed E-state index contributed by atoms with van der Waals surface area (Å²) in [6.07, 6.45) is 13.8. The summed E-state index contributed by atoms with van der Waals surface area (Å²) >= 11 is 0. The zero-order valence-electron chi connectivity index (χ0n) is 22.4. The number of fused-ring (bicyclic) bond motifs is 3. The van der Waals surface area contributed by atoms with Gasteiger partial charge < -0.3 is 9.80 Å². The van der Waals surface area contributed by atoms with Crippen molar-refractivity contribution in [2.45, 2.75) is 39.3 Å². The summed E-state index contributed by atoms with van der Waals surface area (Å²) in [5.41, 5.74) is 9.32. The highest BCUT2D eigenvalue weighted by atomic mass is 15.3. The summed E-state index contributed by atoms with van der Waals surface area (Å²) in [4.78, 5) is 5.14. The summed E-state index contributed by atoms with van der Waals surface area (Å²) in [7, 11) is 0. The third-order valence-electron chi connectivity index (χ3n) is 8.18. The maximum atomic E-state index is 2.59. The molecule has 1 unspecified atom stereocenters. The smallest absolute Gasteiger partial charge is 0.0807 e. The minimum Gasteiger partial charge on any atom is -0.365 e. The Morgan fingerprint density at radius 3 is 2.38 bits per heavy atom. The summed E-state index contributed by atoms with van der Waals surface area (Å²) in [5.74, 6) is 0. The van der Waals surface area contributed by atoms with E-state index >= 15 is 0 Å². The second kappa shape index (κ2) is 8.95. The third-order valence-corrected chi connectivity index (χ3v) is 8.18. The molecule has 3 aliphatic heterocycles. The standard InChI is InChI=1S/C35H36N2/c1-34(2,3)29-20-22-36(33(24-29)28-16-12-15-27(23-28)26-13-6-5-7-14-26)25-35(4)31-18-9-8-17-30(31)32-19-10-11-21-37(32)35/h5-21,23-24,32H,22,25H2,1-4H3/t32?,35-/m1/s1. The minimum atomic E-state index is -0.133. The fraction of sp³-hybridized carbons (Fsp3) is 0.257. The summed E-state index contributed by atoms with van der Waals surface area (Å²) < 4.78 is 0. The average Bonchev–Trinajstić information content (AvgIpc) is 3.17. The third kappa shape index (κ3) is 4.15. The molecule has 2 heteroatoms. The minimum absolute atomic E-state index is 0.101. The highest BCUT2D eigenvalue weighted by molar-refractivity contribution is 5.74. The predicted molar refractivity (Wildman–Crippen MR) is 156 cm³/mol. The van der Waals surface area contributed by atoms with Crippen LogP contribution in [-0.2, 0) is 5.54 Å². The molecule has 2 nitrogen and oxygen atoms in total. The van der Waals surface area contributed by atoms with Crippen LogP contribution in [0.4, 0.5) is 0 Å². The monoisotopic (exact) mass is 484 g/mol. The first-order valence-electron chi connectivity index (χ1n) is 13.4. The second-order valence-corrected chi connectivity index (χ2v) is 11.7. The molecule has 3 aliphatic rings. The quantitative estimate of drug-likeness (QED) is 0.367. The van der Waals surface area contributed by atoms with Crippen molar-refractivity contribution in [2.24, 2.45) is 5.41 Å². The van der Waals surface area contributed by atoms with Gasteiger partial charge in [0.2, 0.25) is 0 Å². The Kier molecular flexibility index (Phi) is 5.71. The summed E-state index contributed by atoms with van der Waals surface area (Å²) in [5, 5.41) is 0. The van der Waals surface area contributed by atoms with Gasteiger partial charge in [0.1, 0.15) is 0 Å². The average molecular weight is 485 g/mol. The van der Waals surface area contributed by atoms with Gasteiger partial charge in [0, 0.05) is 25.0 Å². The van der Waals surface area contributed by atoms with E-state index in [0.29, 0.717) is 6.04 Å². The van der Waals surface area contributed by atoms with Crippen LogP contribution >= 0.6 is 0 Å². The van der Waals surface area contributed by atoms with E-state index in [0.717, 1.165) is 13.1 Å². The van der Waals surface area contributed by atoms with Gasteiger partial charge in [-0.1, -0.05) is 112 Å². The fourth-order valence-corrected chi connectivity index (χ4v) is 6.18. The summed E-state index contributed by atoms with van der Waals surface area (Å²) in [6, 6.07) is 29.0. The fourth-order valence-electron chi connectivity index (χ4n) is 6.18. The van der Waals surface area contributed by atoms with Crippen LogP contribution in [0, 0.1) is 5.41 Å². The molecule has 0 bridgehead atoms. The van der Waals surface area contributed by atoms with Gasteiger partial charge in [0.05, 0.1) is 11.6 Å². The lowest BCUT2D eigenvalue weighted by Gasteiger charge is -2.44. The van der Waals surface area contributed by atoms with Gasteiger partial charge in [-0.25, -0.2) is 0 Å². The predicted octanol–water partition coefficient (Wildman–Crippen LogP) is 8.34. The number of nitrogens with zero attached hydrogens (tertiary/aromatic N) is 2. The maximum absolute atomic E-state index is 2.59. The van der Waals surface area contributed by atoms with E-state index in [4.69, 9.17) is 0 Å². The van der Waals surface area contributed by atoms with Crippen LogP contribution in [0.5, 0.6) is 0 Å². The molecule has 0 amide bonds. The van der Waals surface area contributed by atoms with Crippen molar-refractivity contribution in [1.29, 1.82) is 0 Å². The molecule has 0 radical (unpaired) electrons. The van der Waals surface area contributed by atoms with E-state index in [1.165, 1.54) is 39.1 Å². The maximum Gasteiger partial charge on any atom is 0.0807 e.